The Labute approximate surface area is 164 Å². The molecule has 0 saturated carbocycles. The van der Waals surface area contributed by atoms with Gasteiger partial charge in [-0.3, -0.25) is 0 Å². The lowest BCUT2D eigenvalue weighted by Crippen LogP contribution is -2.48. The Morgan fingerprint density at radius 3 is 1.78 bits per heavy atom. The van der Waals surface area contributed by atoms with Crippen LogP contribution >= 0.6 is 0 Å². The monoisotopic (exact) mass is 376 g/mol. The van der Waals surface area contributed by atoms with Crippen molar-refractivity contribution in [3.63, 3.8) is 0 Å². The first-order chi connectivity index (χ1) is 12.9. The second-order valence-corrected chi connectivity index (χ2v) is 10.3. The van der Waals surface area contributed by atoms with Gasteiger partial charge in [-0.25, -0.2) is 0 Å². The zero-order valence-electron chi connectivity index (χ0n) is 16.6. The fourth-order valence-electron chi connectivity index (χ4n) is 3.35. The molecule has 140 valence electrons. The highest BCUT2D eigenvalue weighted by Crippen LogP contribution is 2.36. The molecule has 0 spiro atoms. The Kier molecular flexibility index (Phi) is 5.83. The predicted molar refractivity (Wildman–Crippen MR) is 116 cm³/mol. The van der Waals surface area contributed by atoms with E-state index in [9.17, 15) is 5.11 Å². The molecule has 0 bridgehead atoms. The maximum absolute atomic E-state index is 10.1. The number of hydrogen-bond acceptors (Lipinski definition) is 2. The molecule has 0 saturated heterocycles. The van der Waals surface area contributed by atoms with Crippen LogP contribution in [0.3, 0.4) is 0 Å². The Hall–Kier alpha value is -2.36. The lowest BCUT2D eigenvalue weighted by Gasteiger charge is -2.29. The van der Waals surface area contributed by atoms with Crippen LogP contribution in [0.15, 0.2) is 72.8 Å². The van der Waals surface area contributed by atoms with Crippen molar-refractivity contribution >= 4 is 19.4 Å². The lowest BCUT2D eigenvalue weighted by atomic mass is 9.84. The molecule has 1 N–H and O–H groups in total. The molecule has 0 aliphatic carbocycles. The van der Waals surface area contributed by atoms with Crippen LogP contribution in [0, 0.1) is 6.92 Å². The van der Waals surface area contributed by atoms with Crippen LogP contribution in [0.1, 0.15) is 37.5 Å². The third kappa shape index (κ3) is 4.32. The van der Waals surface area contributed by atoms with Crippen molar-refractivity contribution in [2.45, 2.75) is 39.7 Å². The first kappa shape index (κ1) is 19.4. The van der Waals surface area contributed by atoms with E-state index in [1.54, 1.807) is 0 Å². The predicted octanol–water partition coefficient (Wildman–Crippen LogP) is 3.70. The summed E-state index contributed by atoms with van der Waals surface area (Å²) < 4.78 is 6.83. The minimum Gasteiger partial charge on any atom is -0.537 e. The number of aliphatic hydroxyl groups excluding tert-OH is 1. The van der Waals surface area contributed by atoms with Crippen molar-refractivity contribution in [3.8, 4) is 5.75 Å². The molecule has 3 aromatic carbocycles. The fourth-order valence-corrected chi connectivity index (χ4v) is 5.66. The van der Waals surface area contributed by atoms with Crippen molar-refractivity contribution in [2.75, 3.05) is 0 Å². The van der Waals surface area contributed by atoms with E-state index in [1.807, 2.05) is 19.1 Å². The molecule has 2 nitrogen and oxygen atoms in total. The van der Waals surface area contributed by atoms with Gasteiger partial charge in [0.05, 0.1) is 6.61 Å². The van der Waals surface area contributed by atoms with Gasteiger partial charge >= 0.3 is 0 Å². The minimum atomic E-state index is -1.95. The maximum Gasteiger partial charge on any atom is 0.299 e. The Bertz CT molecular complexity index is 844. The van der Waals surface area contributed by atoms with Crippen LogP contribution in [0.25, 0.3) is 0 Å². The molecule has 3 heteroatoms. The Morgan fingerprint density at radius 2 is 1.33 bits per heavy atom. The zero-order chi connectivity index (χ0) is 19.4. The third-order valence-electron chi connectivity index (χ3n) is 4.90. The summed E-state index contributed by atoms with van der Waals surface area (Å²) in [7, 11) is -1.95. The molecular weight excluding hydrogens is 348 g/mol. The fraction of sp³-hybridized carbons (Fsp3) is 0.250. The van der Waals surface area contributed by atoms with E-state index >= 15 is 0 Å². The Morgan fingerprint density at radius 1 is 0.815 bits per heavy atom. The van der Waals surface area contributed by atoms with Crippen LogP contribution in [-0.2, 0) is 12.0 Å². The molecule has 0 atom stereocenters. The summed E-state index contributed by atoms with van der Waals surface area (Å²) in [4.78, 5) is 0. The quantitative estimate of drug-likeness (QED) is 0.688. The smallest absolute Gasteiger partial charge is 0.299 e. The van der Waals surface area contributed by atoms with Crippen molar-refractivity contribution in [1.82, 2.24) is 0 Å². The summed E-state index contributed by atoms with van der Waals surface area (Å²) in [6.45, 7) is 8.58. The molecule has 0 aromatic heterocycles. The Balaban J connectivity index is 2.16. The molecule has 0 heterocycles. The maximum atomic E-state index is 10.1. The summed E-state index contributed by atoms with van der Waals surface area (Å²) in [6, 6.07) is 25.1. The molecule has 3 rings (SSSR count). The van der Waals surface area contributed by atoms with Gasteiger partial charge in [0.25, 0.3) is 9.04 Å². The number of hydrogen-bond donors (Lipinski definition) is 1. The van der Waals surface area contributed by atoms with Crippen molar-refractivity contribution in [1.29, 1.82) is 0 Å². The van der Waals surface area contributed by atoms with Gasteiger partial charge in [0.15, 0.2) is 0 Å². The first-order valence-corrected chi connectivity index (χ1v) is 11.0. The van der Waals surface area contributed by atoms with E-state index in [-0.39, 0.29) is 12.0 Å². The molecule has 0 aliphatic rings. The summed E-state index contributed by atoms with van der Waals surface area (Å²) in [5.41, 5.74) is 3.03. The van der Waals surface area contributed by atoms with Crippen LogP contribution in [-0.4, -0.2) is 14.1 Å². The average Bonchev–Trinajstić information content (AvgIpc) is 2.66. The zero-order valence-corrected chi connectivity index (χ0v) is 17.7. The van der Waals surface area contributed by atoms with E-state index in [1.165, 1.54) is 10.4 Å². The molecule has 27 heavy (non-hydrogen) atoms. The van der Waals surface area contributed by atoms with Crippen molar-refractivity contribution in [3.05, 3.63) is 89.5 Å². The summed E-state index contributed by atoms with van der Waals surface area (Å²) in [6.07, 6.45) is 0. The van der Waals surface area contributed by atoms with Crippen molar-refractivity contribution < 1.29 is 9.53 Å². The first-order valence-electron chi connectivity index (χ1n) is 9.42. The van der Waals surface area contributed by atoms with Crippen LogP contribution in [0.2, 0.25) is 0 Å². The molecule has 0 aliphatic heterocycles. The van der Waals surface area contributed by atoms with Gasteiger partial charge in [0.1, 0.15) is 5.75 Å². The van der Waals surface area contributed by atoms with Crippen LogP contribution in [0.5, 0.6) is 5.75 Å². The van der Waals surface area contributed by atoms with Crippen molar-refractivity contribution in [2.24, 2.45) is 0 Å². The standard InChI is InChI=1S/C24H28O2Si/c1-18-15-16-22(24(2,3)4)23(21(18)17-25)26-27(19-11-7-5-8-12-19)20-13-9-6-10-14-20/h5-16,25,27H,17H2,1-4H3. The minimum absolute atomic E-state index is 0.0181. The molecule has 0 fully saturated rings. The highest BCUT2D eigenvalue weighted by Gasteiger charge is 2.27. The van der Waals surface area contributed by atoms with Gasteiger partial charge in [-0.05, 0) is 33.8 Å². The van der Waals surface area contributed by atoms with Gasteiger partial charge in [0, 0.05) is 5.56 Å². The molecule has 0 unspecified atom stereocenters. The summed E-state index contributed by atoms with van der Waals surface area (Å²) in [5, 5.41) is 12.5. The highest BCUT2D eigenvalue weighted by molar-refractivity contribution is 6.80. The van der Waals surface area contributed by atoms with E-state index in [0.29, 0.717) is 0 Å². The topological polar surface area (TPSA) is 29.5 Å². The van der Waals surface area contributed by atoms with Gasteiger partial charge in [-0.1, -0.05) is 93.6 Å². The number of aryl methyl sites for hydroxylation is 1. The second-order valence-electron chi connectivity index (χ2n) is 7.97. The number of aliphatic hydroxyl groups is 1. The van der Waals surface area contributed by atoms with E-state index < -0.39 is 9.04 Å². The largest absolute Gasteiger partial charge is 0.537 e. The highest BCUT2D eigenvalue weighted by atomic mass is 28.3. The van der Waals surface area contributed by atoms with E-state index in [4.69, 9.17) is 4.43 Å². The van der Waals surface area contributed by atoms with E-state index in [2.05, 4.69) is 81.4 Å². The van der Waals surface area contributed by atoms with Crippen LogP contribution < -0.4 is 14.8 Å². The lowest BCUT2D eigenvalue weighted by molar-refractivity contribution is 0.277. The number of rotatable bonds is 5. The number of benzene rings is 3. The third-order valence-corrected chi connectivity index (χ3v) is 7.35. The van der Waals surface area contributed by atoms with Gasteiger partial charge in [-0.15, -0.1) is 0 Å². The summed E-state index contributed by atoms with van der Waals surface area (Å²) >= 11 is 0. The molecule has 0 amide bonds. The molecule has 3 aromatic rings. The van der Waals surface area contributed by atoms with Gasteiger partial charge < -0.3 is 9.53 Å². The average molecular weight is 377 g/mol. The SMILES string of the molecule is Cc1ccc(C(C)(C)C)c(O[SiH](c2ccccc2)c2ccccc2)c1CO. The molecule has 0 radical (unpaired) electrons. The van der Waals surface area contributed by atoms with Gasteiger partial charge in [0.2, 0.25) is 0 Å². The molecular formula is C24H28O2Si. The second kappa shape index (κ2) is 8.11. The van der Waals surface area contributed by atoms with E-state index in [0.717, 1.165) is 22.4 Å². The summed E-state index contributed by atoms with van der Waals surface area (Å²) in [5.74, 6) is 0.856. The normalized spacial score (nSPS) is 11.6. The van der Waals surface area contributed by atoms with Crippen LogP contribution in [0.4, 0.5) is 0 Å². The van der Waals surface area contributed by atoms with Gasteiger partial charge in [-0.2, -0.15) is 0 Å².